The van der Waals surface area contributed by atoms with Crippen molar-refractivity contribution in [2.24, 2.45) is 5.73 Å². The van der Waals surface area contributed by atoms with Crippen LogP contribution >= 0.6 is 36.4 Å². The second-order valence-electron chi connectivity index (χ2n) is 10.2. The highest BCUT2D eigenvalue weighted by atomic mass is 35.5. The molecular formula is C28H32Cl3N13O4. The molecule has 3 atom stereocenters. The number of benzene rings is 1. The van der Waals surface area contributed by atoms with Crippen molar-refractivity contribution in [3.8, 4) is 12.1 Å². The quantitative estimate of drug-likeness (QED) is 0.148. The number of piperidine rings is 1. The zero-order chi connectivity index (χ0) is 32.8. The summed E-state index contributed by atoms with van der Waals surface area (Å²) in [4.78, 5) is 42.5. The molecule has 1 saturated heterocycles. The SMILES string of the molecule is CCNc1nc(Nc2cc(C#N)cc(N3CC[C@@H](NC(=O)OC)[C@H](OC(=O)C(N)Cc4cnc[nH]4)C3)c2Cl)nn2c(C#N)cnc12.Cl.Cl. The lowest BCUT2D eigenvalue weighted by atomic mass is 10.00. The van der Waals surface area contributed by atoms with Gasteiger partial charge < -0.3 is 41.0 Å². The molecule has 20 heteroatoms. The van der Waals surface area contributed by atoms with Gasteiger partial charge in [-0.25, -0.2) is 14.8 Å². The smallest absolute Gasteiger partial charge is 0.407 e. The summed E-state index contributed by atoms with van der Waals surface area (Å²) in [5, 5.41) is 32.9. The van der Waals surface area contributed by atoms with Crippen molar-refractivity contribution < 1.29 is 19.1 Å². The molecular weight excluding hydrogens is 689 g/mol. The van der Waals surface area contributed by atoms with Crippen LogP contribution in [-0.4, -0.2) is 86.5 Å². The predicted molar refractivity (Wildman–Crippen MR) is 180 cm³/mol. The van der Waals surface area contributed by atoms with Crippen LogP contribution < -0.4 is 26.6 Å². The number of halogens is 3. The highest BCUT2D eigenvalue weighted by molar-refractivity contribution is 6.36. The van der Waals surface area contributed by atoms with Crippen LogP contribution in [0.2, 0.25) is 5.02 Å². The summed E-state index contributed by atoms with van der Waals surface area (Å²) in [6, 6.07) is 5.76. The summed E-state index contributed by atoms with van der Waals surface area (Å²) in [5.41, 5.74) is 8.42. The van der Waals surface area contributed by atoms with Crippen molar-refractivity contribution in [1.29, 1.82) is 10.5 Å². The number of nitrogens with one attached hydrogen (secondary N) is 4. The maximum atomic E-state index is 13.0. The first kappa shape index (κ1) is 37.4. The molecule has 0 aliphatic carbocycles. The Kier molecular flexibility index (Phi) is 13.0. The van der Waals surface area contributed by atoms with Crippen molar-refractivity contribution in [2.75, 3.05) is 42.3 Å². The Morgan fingerprint density at radius 1 is 1.25 bits per heavy atom. The van der Waals surface area contributed by atoms with Crippen LogP contribution in [-0.2, 0) is 20.7 Å². The monoisotopic (exact) mass is 719 g/mol. The summed E-state index contributed by atoms with van der Waals surface area (Å²) in [6.45, 7) is 2.92. The number of aromatic amines is 1. The van der Waals surface area contributed by atoms with E-state index in [1.54, 1.807) is 18.3 Å². The van der Waals surface area contributed by atoms with E-state index in [2.05, 4.69) is 47.1 Å². The molecule has 48 heavy (non-hydrogen) atoms. The number of hydrogen-bond acceptors (Lipinski definition) is 14. The van der Waals surface area contributed by atoms with Crippen molar-refractivity contribution in [1.82, 2.24) is 34.9 Å². The van der Waals surface area contributed by atoms with Gasteiger partial charge in [0.15, 0.2) is 17.2 Å². The summed E-state index contributed by atoms with van der Waals surface area (Å²) >= 11 is 6.92. The maximum absolute atomic E-state index is 13.0. The topological polar surface area (TPSA) is 237 Å². The van der Waals surface area contributed by atoms with Gasteiger partial charge in [0.05, 0.1) is 60.3 Å². The fourth-order valence-corrected chi connectivity index (χ4v) is 5.27. The average molecular weight is 721 g/mol. The minimum atomic E-state index is -0.989. The summed E-state index contributed by atoms with van der Waals surface area (Å²) in [5.74, 6) is -0.178. The molecule has 0 spiro atoms. The number of aromatic nitrogens is 6. The number of nitriles is 2. The molecule has 5 rings (SSSR count). The van der Waals surface area contributed by atoms with Crippen LogP contribution in [0.4, 0.5) is 27.9 Å². The van der Waals surface area contributed by atoms with E-state index in [1.807, 2.05) is 17.9 Å². The van der Waals surface area contributed by atoms with Crippen LogP contribution in [0.15, 0.2) is 30.9 Å². The molecule has 1 amide bonds. The third-order valence-electron chi connectivity index (χ3n) is 7.20. The van der Waals surface area contributed by atoms with Crippen molar-refractivity contribution >= 4 is 77.3 Å². The number of ether oxygens (including phenoxy) is 2. The number of fused-ring (bicyclic) bond motifs is 1. The number of carbonyl (C=O) groups is 2. The highest BCUT2D eigenvalue weighted by Crippen LogP contribution is 2.37. The Balaban J connectivity index is 0.00000312. The van der Waals surface area contributed by atoms with Gasteiger partial charge in [0, 0.05) is 31.4 Å². The lowest BCUT2D eigenvalue weighted by molar-refractivity contribution is -0.152. The third-order valence-corrected chi connectivity index (χ3v) is 7.60. The summed E-state index contributed by atoms with van der Waals surface area (Å²) in [6.07, 6.45) is 3.44. The molecule has 1 unspecified atom stereocenters. The molecule has 0 saturated carbocycles. The Morgan fingerprint density at radius 3 is 2.71 bits per heavy atom. The molecule has 1 aliphatic rings. The van der Waals surface area contributed by atoms with E-state index in [1.165, 1.54) is 24.1 Å². The predicted octanol–water partition coefficient (Wildman–Crippen LogP) is 2.68. The highest BCUT2D eigenvalue weighted by Gasteiger charge is 2.36. The molecule has 254 valence electrons. The first-order chi connectivity index (χ1) is 22.2. The van der Waals surface area contributed by atoms with Gasteiger partial charge in [-0.15, -0.1) is 29.9 Å². The van der Waals surface area contributed by atoms with Gasteiger partial charge in [0.2, 0.25) is 5.95 Å². The second-order valence-corrected chi connectivity index (χ2v) is 10.6. The van der Waals surface area contributed by atoms with Crippen LogP contribution in [0.3, 0.4) is 0 Å². The number of carbonyl (C=O) groups excluding carboxylic acids is 2. The normalized spacial score (nSPS) is 15.9. The first-order valence-electron chi connectivity index (χ1n) is 14.2. The van der Waals surface area contributed by atoms with Crippen LogP contribution in [0, 0.1) is 22.7 Å². The Morgan fingerprint density at radius 2 is 2.04 bits per heavy atom. The number of amides is 1. The van der Waals surface area contributed by atoms with Crippen LogP contribution in [0.25, 0.3) is 5.65 Å². The van der Waals surface area contributed by atoms with Gasteiger partial charge in [0.25, 0.3) is 0 Å². The molecule has 4 heterocycles. The average Bonchev–Trinajstić information content (AvgIpc) is 3.72. The van der Waals surface area contributed by atoms with Crippen LogP contribution in [0.1, 0.15) is 30.3 Å². The van der Waals surface area contributed by atoms with Gasteiger partial charge in [-0.3, -0.25) is 4.79 Å². The van der Waals surface area contributed by atoms with Gasteiger partial charge in [-0.1, -0.05) is 11.6 Å². The fourth-order valence-electron chi connectivity index (χ4n) is 5.00. The number of alkyl carbamates (subject to hydrolysis) is 1. The van der Waals surface area contributed by atoms with Gasteiger partial charge in [0.1, 0.15) is 18.2 Å². The maximum Gasteiger partial charge on any atom is 0.407 e. The van der Waals surface area contributed by atoms with Crippen molar-refractivity contribution in [2.45, 2.75) is 38.0 Å². The minimum absolute atomic E-state index is 0. The molecule has 1 aromatic carbocycles. The molecule has 3 aromatic heterocycles. The number of hydrogen-bond donors (Lipinski definition) is 5. The molecule has 6 N–H and O–H groups in total. The zero-order valence-corrected chi connectivity index (χ0v) is 28.0. The zero-order valence-electron chi connectivity index (χ0n) is 25.6. The Labute approximate surface area is 292 Å². The van der Waals surface area contributed by atoms with E-state index in [0.29, 0.717) is 48.0 Å². The third kappa shape index (κ3) is 8.25. The molecule has 0 radical (unpaired) electrons. The molecule has 1 fully saturated rings. The first-order valence-corrected chi connectivity index (χ1v) is 14.6. The lowest BCUT2D eigenvalue weighted by Gasteiger charge is -2.40. The summed E-state index contributed by atoms with van der Waals surface area (Å²) in [7, 11) is 1.24. The van der Waals surface area contributed by atoms with Crippen molar-refractivity contribution in [3.63, 3.8) is 0 Å². The van der Waals surface area contributed by atoms with E-state index in [4.69, 9.17) is 26.8 Å². The van der Waals surface area contributed by atoms with E-state index >= 15 is 0 Å². The Hall–Kier alpha value is -5.07. The van der Waals surface area contributed by atoms with Gasteiger partial charge >= 0.3 is 12.1 Å². The number of H-pyrrole nitrogens is 1. The second kappa shape index (κ2) is 16.7. The van der Waals surface area contributed by atoms with E-state index in [0.717, 1.165) is 0 Å². The summed E-state index contributed by atoms with van der Waals surface area (Å²) < 4.78 is 12.0. The minimum Gasteiger partial charge on any atom is -0.457 e. The standard InChI is InChI=1S/C28H30ClN13O4.2ClH/c1-3-34-24-25-35-12-17(10-31)42(25)40-27(39-24)37-20-6-15(9-30)7-21(23(20)29)41-5-4-19(38-28(44)45-2)22(13-41)46-26(43)18(32)8-16-11-33-14-36-16;;/h6-7,11-12,14,18-19,22H,3-5,8,13,32H2,1-2H3,(H,33,36)(H,38,44)(H2,34,37,39,40);2*1H/t18?,19-,22-;;/m1../s1. The number of methoxy groups -OCH3 is 1. The van der Waals surface area contributed by atoms with Crippen molar-refractivity contribution in [3.05, 3.63) is 52.8 Å². The fraction of sp³-hybridized carbons (Fsp3) is 0.357. The molecule has 1 aliphatic heterocycles. The van der Waals surface area contributed by atoms with Gasteiger partial charge in [-0.2, -0.15) is 20.0 Å². The number of esters is 1. The van der Waals surface area contributed by atoms with E-state index in [-0.39, 0.29) is 60.0 Å². The number of imidazole rings is 2. The van der Waals surface area contributed by atoms with E-state index < -0.39 is 30.3 Å². The number of rotatable bonds is 10. The number of nitrogens with zero attached hydrogens (tertiary/aromatic N) is 8. The number of anilines is 4. The largest absolute Gasteiger partial charge is 0.457 e. The number of nitrogens with two attached hydrogens (primary N) is 1. The van der Waals surface area contributed by atoms with E-state index in [9.17, 15) is 20.1 Å². The van der Waals surface area contributed by atoms with Crippen LogP contribution in [0.5, 0.6) is 0 Å². The Bertz CT molecular complexity index is 1820. The lowest BCUT2D eigenvalue weighted by Crippen LogP contribution is -2.56. The molecule has 4 aromatic rings. The molecule has 0 bridgehead atoms. The molecule has 17 nitrogen and oxygen atoms in total. The van der Waals surface area contributed by atoms with Gasteiger partial charge in [-0.05, 0) is 25.5 Å².